The minimum Gasteiger partial charge on any atom is -0.336 e. The highest BCUT2D eigenvalue weighted by Gasteiger charge is 2.17. The Morgan fingerprint density at radius 3 is 2.66 bits per heavy atom. The number of aryl methyl sites for hydroxylation is 1. The maximum Gasteiger partial charge on any atom is 0.234 e. The normalized spacial score (nSPS) is 10.7. The number of nitrogens with one attached hydrogen (secondary N) is 1. The van der Waals surface area contributed by atoms with Gasteiger partial charge in [-0.25, -0.2) is 4.68 Å². The Labute approximate surface area is 177 Å². The molecule has 0 saturated carbocycles. The highest BCUT2D eigenvalue weighted by Crippen LogP contribution is 2.24. The van der Waals surface area contributed by atoms with Crippen LogP contribution in [0.5, 0.6) is 0 Å². The molecule has 0 bridgehead atoms. The molecular formula is C20H20ClN5O2S. The van der Waals surface area contributed by atoms with E-state index < -0.39 is 0 Å². The Hall–Kier alpha value is -2.84. The number of rotatable bonds is 8. The van der Waals surface area contributed by atoms with Crippen molar-refractivity contribution in [2.75, 3.05) is 16.9 Å². The van der Waals surface area contributed by atoms with Crippen LogP contribution < -0.4 is 11.2 Å². The summed E-state index contributed by atoms with van der Waals surface area (Å²) in [5, 5.41) is 11.7. The van der Waals surface area contributed by atoms with Gasteiger partial charge >= 0.3 is 0 Å². The number of amides is 1. The van der Waals surface area contributed by atoms with Gasteiger partial charge in [0.2, 0.25) is 11.1 Å². The van der Waals surface area contributed by atoms with Gasteiger partial charge in [-0.2, -0.15) is 0 Å². The van der Waals surface area contributed by atoms with Gasteiger partial charge in [0.25, 0.3) is 0 Å². The van der Waals surface area contributed by atoms with Crippen molar-refractivity contribution >= 4 is 40.7 Å². The molecule has 0 aliphatic carbocycles. The molecule has 3 N–H and O–H groups in total. The predicted molar refractivity (Wildman–Crippen MR) is 115 cm³/mol. The minimum atomic E-state index is -0.292. The zero-order chi connectivity index (χ0) is 20.8. The number of hydrogen-bond donors (Lipinski definition) is 2. The quantitative estimate of drug-likeness (QED) is 0.322. The standard InChI is InChI=1S/C20H20ClN5O2S/c1-2-6-17-24-25-20(26(17)22)29-12-18(27)23-16-10-9-14(21)11-15(16)19(28)13-7-4-3-5-8-13/h3-5,7-11H,2,6,12,22H2,1H3,(H,23,27). The molecule has 3 aromatic rings. The Kier molecular flexibility index (Phi) is 6.90. The summed E-state index contributed by atoms with van der Waals surface area (Å²) in [5.74, 6) is 6.18. The predicted octanol–water partition coefficient (Wildman–Crippen LogP) is 3.56. The van der Waals surface area contributed by atoms with Crippen molar-refractivity contribution in [3.05, 3.63) is 70.5 Å². The molecule has 1 aromatic heterocycles. The SMILES string of the molecule is CCCc1nnc(SCC(=O)Nc2ccc(Cl)cc2C(=O)c2ccccc2)n1N. The van der Waals surface area contributed by atoms with E-state index in [0.717, 1.165) is 6.42 Å². The summed E-state index contributed by atoms with van der Waals surface area (Å²) in [4.78, 5) is 25.3. The summed E-state index contributed by atoms with van der Waals surface area (Å²) in [7, 11) is 0. The summed E-state index contributed by atoms with van der Waals surface area (Å²) in [6.07, 6.45) is 1.61. The van der Waals surface area contributed by atoms with E-state index in [-0.39, 0.29) is 17.4 Å². The number of benzene rings is 2. The molecule has 0 unspecified atom stereocenters. The second-order valence-corrected chi connectivity index (χ2v) is 7.62. The number of anilines is 1. The topological polar surface area (TPSA) is 103 Å². The molecule has 0 aliphatic rings. The van der Waals surface area contributed by atoms with Gasteiger partial charge in [-0.1, -0.05) is 60.6 Å². The lowest BCUT2D eigenvalue weighted by Gasteiger charge is -2.11. The van der Waals surface area contributed by atoms with E-state index in [1.165, 1.54) is 16.4 Å². The number of halogens is 1. The zero-order valence-electron chi connectivity index (χ0n) is 15.8. The number of nitrogen functional groups attached to an aromatic ring is 1. The van der Waals surface area contributed by atoms with E-state index >= 15 is 0 Å². The number of ketones is 1. The van der Waals surface area contributed by atoms with E-state index in [2.05, 4.69) is 15.5 Å². The highest BCUT2D eigenvalue weighted by atomic mass is 35.5. The summed E-state index contributed by atoms with van der Waals surface area (Å²) >= 11 is 7.25. The molecule has 0 aliphatic heterocycles. The Balaban J connectivity index is 1.71. The number of aromatic nitrogens is 3. The van der Waals surface area contributed by atoms with Crippen LogP contribution in [0.3, 0.4) is 0 Å². The van der Waals surface area contributed by atoms with Gasteiger partial charge in [0.15, 0.2) is 11.6 Å². The number of carbonyl (C=O) groups is 2. The number of hydrogen-bond acceptors (Lipinski definition) is 6. The second-order valence-electron chi connectivity index (χ2n) is 6.24. The van der Waals surface area contributed by atoms with Crippen LogP contribution >= 0.6 is 23.4 Å². The van der Waals surface area contributed by atoms with Gasteiger partial charge < -0.3 is 11.2 Å². The largest absolute Gasteiger partial charge is 0.336 e. The molecule has 1 heterocycles. The molecule has 0 saturated heterocycles. The van der Waals surface area contributed by atoms with E-state index in [1.54, 1.807) is 42.5 Å². The molecule has 9 heteroatoms. The summed E-state index contributed by atoms with van der Waals surface area (Å²) in [6, 6.07) is 13.6. The van der Waals surface area contributed by atoms with E-state index in [9.17, 15) is 9.59 Å². The van der Waals surface area contributed by atoms with Gasteiger partial charge in [0.1, 0.15) is 0 Å². The fraction of sp³-hybridized carbons (Fsp3) is 0.200. The molecule has 0 radical (unpaired) electrons. The number of nitrogens with zero attached hydrogens (tertiary/aromatic N) is 3. The van der Waals surface area contributed by atoms with Gasteiger partial charge in [-0.05, 0) is 24.6 Å². The Morgan fingerprint density at radius 2 is 1.93 bits per heavy atom. The first-order valence-corrected chi connectivity index (χ1v) is 10.4. The Morgan fingerprint density at radius 1 is 1.17 bits per heavy atom. The van der Waals surface area contributed by atoms with Crippen LogP contribution in [0, 0.1) is 0 Å². The third-order valence-electron chi connectivity index (χ3n) is 4.08. The van der Waals surface area contributed by atoms with E-state index in [4.69, 9.17) is 17.4 Å². The first-order valence-electron chi connectivity index (χ1n) is 9.01. The Bertz CT molecular complexity index is 1020. The lowest BCUT2D eigenvalue weighted by molar-refractivity contribution is -0.113. The van der Waals surface area contributed by atoms with Crippen molar-refractivity contribution in [2.24, 2.45) is 0 Å². The molecule has 150 valence electrons. The van der Waals surface area contributed by atoms with Gasteiger partial charge in [0, 0.05) is 22.6 Å². The van der Waals surface area contributed by atoms with Gasteiger partial charge in [-0.3, -0.25) is 9.59 Å². The van der Waals surface area contributed by atoms with Crippen LogP contribution in [0.15, 0.2) is 53.7 Å². The minimum absolute atomic E-state index is 0.0725. The highest BCUT2D eigenvalue weighted by molar-refractivity contribution is 7.99. The first-order chi connectivity index (χ1) is 14.0. The third kappa shape index (κ3) is 5.16. The maximum absolute atomic E-state index is 12.8. The molecular weight excluding hydrogens is 410 g/mol. The molecule has 0 fully saturated rings. The number of carbonyl (C=O) groups excluding carboxylic acids is 2. The van der Waals surface area contributed by atoms with Crippen molar-refractivity contribution in [1.82, 2.24) is 14.9 Å². The first kappa shape index (κ1) is 20.9. The molecule has 29 heavy (non-hydrogen) atoms. The van der Waals surface area contributed by atoms with Crippen LogP contribution in [-0.4, -0.2) is 32.3 Å². The van der Waals surface area contributed by atoms with Crippen molar-refractivity contribution in [3.63, 3.8) is 0 Å². The van der Waals surface area contributed by atoms with Crippen LogP contribution in [0.1, 0.15) is 35.1 Å². The molecule has 0 atom stereocenters. The summed E-state index contributed by atoms with van der Waals surface area (Å²) in [6.45, 7) is 2.02. The smallest absolute Gasteiger partial charge is 0.234 e. The maximum atomic E-state index is 12.8. The fourth-order valence-electron chi connectivity index (χ4n) is 2.67. The van der Waals surface area contributed by atoms with Gasteiger partial charge in [0.05, 0.1) is 11.4 Å². The van der Waals surface area contributed by atoms with Crippen LogP contribution in [-0.2, 0) is 11.2 Å². The van der Waals surface area contributed by atoms with Crippen LogP contribution in [0.4, 0.5) is 5.69 Å². The molecule has 7 nitrogen and oxygen atoms in total. The third-order valence-corrected chi connectivity index (χ3v) is 5.26. The van der Waals surface area contributed by atoms with Crippen LogP contribution in [0.2, 0.25) is 5.02 Å². The fourth-order valence-corrected chi connectivity index (χ4v) is 3.52. The molecule has 3 rings (SSSR count). The molecule has 1 amide bonds. The van der Waals surface area contributed by atoms with E-state index in [1.807, 2.05) is 13.0 Å². The number of thioether (sulfide) groups is 1. The monoisotopic (exact) mass is 429 g/mol. The van der Waals surface area contributed by atoms with Crippen molar-refractivity contribution in [2.45, 2.75) is 24.9 Å². The van der Waals surface area contributed by atoms with Crippen molar-refractivity contribution in [1.29, 1.82) is 0 Å². The molecule has 2 aromatic carbocycles. The lowest BCUT2D eigenvalue weighted by atomic mass is 10.0. The van der Waals surface area contributed by atoms with Crippen LogP contribution in [0.25, 0.3) is 0 Å². The zero-order valence-corrected chi connectivity index (χ0v) is 17.3. The summed E-state index contributed by atoms with van der Waals surface area (Å²) in [5.41, 5.74) is 1.24. The average molecular weight is 430 g/mol. The van der Waals surface area contributed by atoms with Crippen molar-refractivity contribution in [3.8, 4) is 0 Å². The molecule has 0 spiro atoms. The second kappa shape index (κ2) is 9.58. The van der Waals surface area contributed by atoms with Crippen molar-refractivity contribution < 1.29 is 9.59 Å². The summed E-state index contributed by atoms with van der Waals surface area (Å²) < 4.78 is 1.40. The lowest BCUT2D eigenvalue weighted by Crippen LogP contribution is -2.18. The average Bonchev–Trinajstić information content (AvgIpc) is 3.08. The van der Waals surface area contributed by atoms with Gasteiger partial charge in [-0.15, -0.1) is 10.2 Å². The van der Waals surface area contributed by atoms with E-state index in [0.29, 0.717) is 39.2 Å². The number of nitrogens with two attached hydrogens (primary N) is 1.